The van der Waals surface area contributed by atoms with Gasteiger partial charge in [0.05, 0.1) is 19.1 Å². The molecule has 0 amide bonds. The Morgan fingerprint density at radius 3 is 2.62 bits per heavy atom. The van der Waals surface area contributed by atoms with E-state index < -0.39 is 11.7 Å². The van der Waals surface area contributed by atoms with Crippen molar-refractivity contribution in [3.8, 4) is 17.2 Å². The van der Waals surface area contributed by atoms with Crippen molar-refractivity contribution in [1.29, 1.82) is 0 Å². The molecule has 8 heteroatoms. The second-order valence-electron chi connectivity index (χ2n) is 7.75. The van der Waals surface area contributed by atoms with E-state index in [1.807, 2.05) is 31.2 Å². The molecule has 1 saturated heterocycles. The van der Waals surface area contributed by atoms with E-state index in [-0.39, 0.29) is 37.1 Å². The Labute approximate surface area is 195 Å². The third-order valence-corrected chi connectivity index (χ3v) is 6.31. The number of carbonyl (C=O) groups excluding carboxylic acids is 1. The number of likely N-dealkylation sites (tertiary alicyclic amines) is 1. The van der Waals surface area contributed by atoms with E-state index in [0.717, 1.165) is 16.5 Å². The molecule has 1 fully saturated rings. The van der Waals surface area contributed by atoms with Gasteiger partial charge in [-0.05, 0) is 49.2 Å². The summed E-state index contributed by atoms with van der Waals surface area (Å²) in [6.45, 7) is 5.80. The molecule has 2 aromatic rings. The molecule has 0 N–H and O–H groups in total. The van der Waals surface area contributed by atoms with Crippen LogP contribution in [0.4, 0.5) is 4.39 Å². The van der Waals surface area contributed by atoms with Crippen LogP contribution in [0.2, 0.25) is 0 Å². The van der Waals surface area contributed by atoms with Crippen LogP contribution in [0.15, 0.2) is 36.4 Å². The van der Waals surface area contributed by atoms with Crippen LogP contribution in [0, 0.1) is 11.7 Å². The molecule has 3 unspecified atom stereocenters. The van der Waals surface area contributed by atoms with Crippen LogP contribution in [-0.2, 0) is 9.53 Å². The van der Waals surface area contributed by atoms with Crippen molar-refractivity contribution in [1.82, 2.24) is 4.90 Å². The molecule has 0 radical (unpaired) electrons. The average Bonchev–Trinajstić information content (AvgIpc) is 3.40. The third-order valence-electron chi connectivity index (χ3n) is 5.95. The van der Waals surface area contributed by atoms with Gasteiger partial charge in [-0.15, -0.1) is 0 Å². The molecule has 2 aromatic carbocycles. The number of fused-ring (bicyclic) bond motifs is 1. The number of ether oxygens (including phenoxy) is 4. The lowest BCUT2D eigenvalue weighted by molar-refractivity contribution is -0.149. The van der Waals surface area contributed by atoms with E-state index >= 15 is 0 Å². The minimum absolute atomic E-state index is 0.137. The zero-order valence-corrected chi connectivity index (χ0v) is 19.8. The largest absolute Gasteiger partial charge is 0.491 e. The lowest BCUT2D eigenvalue weighted by atomic mass is 9.82. The number of hydrogen-bond acceptors (Lipinski definition) is 6. The fraction of sp³-hybridized carbons (Fsp3) is 0.458. The molecule has 0 aromatic heterocycles. The number of rotatable bonds is 8. The average molecular weight is 508 g/mol. The minimum atomic E-state index is -0.494. The normalized spacial score (nSPS) is 22.2. The first-order valence-electron chi connectivity index (χ1n) is 10.9. The van der Waals surface area contributed by atoms with Gasteiger partial charge in [0.25, 0.3) is 0 Å². The Morgan fingerprint density at radius 1 is 1.12 bits per heavy atom. The van der Waals surface area contributed by atoms with Gasteiger partial charge in [0.1, 0.15) is 0 Å². The molecule has 0 saturated carbocycles. The van der Waals surface area contributed by atoms with Gasteiger partial charge < -0.3 is 18.9 Å². The predicted molar refractivity (Wildman–Crippen MR) is 121 cm³/mol. The lowest BCUT2D eigenvalue weighted by Gasteiger charge is -2.28. The molecule has 4 rings (SSSR count). The molecule has 0 bridgehead atoms. The summed E-state index contributed by atoms with van der Waals surface area (Å²) in [6.07, 6.45) is 0. The number of nitrogens with zero attached hydrogens (tertiary/aromatic N) is 1. The van der Waals surface area contributed by atoms with Gasteiger partial charge in [-0.3, -0.25) is 9.69 Å². The monoisotopic (exact) mass is 507 g/mol. The maximum absolute atomic E-state index is 14.8. The van der Waals surface area contributed by atoms with Gasteiger partial charge in [-0.2, -0.15) is 0 Å². The Hall–Kier alpha value is -2.32. The van der Waals surface area contributed by atoms with E-state index in [2.05, 4.69) is 20.8 Å². The maximum atomic E-state index is 14.8. The highest BCUT2D eigenvalue weighted by atomic mass is 79.9. The Kier molecular flexibility index (Phi) is 7.20. The first-order chi connectivity index (χ1) is 15.6. The molecule has 6 nitrogen and oxygen atoms in total. The number of carbonyl (C=O) groups is 1. The van der Waals surface area contributed by atoms with Gasteiger partial charge in [0.15, 0.2) is 23.1 Å². The van der Waals surface area contributed by atoms with Crippen molar-refractivity contribution < 1.29 is 28.1 Å². The smallest absolute Gasteiger partial charge is 0.311 e. The summed E-state index contributed by atoms with van der Waals surface area (Å²) in [5.41, 5.74) is 1.70. The van der Waals surface area contributed by atoms with Gasteiger partial charge in [-0.1, -0.05) is 28.1 Å². The summed E-state index contributed by atoms with van der Waals surface area (Å²) in [7, 11) is 0. The number of benzene rings is 2. The molecule has 172 valence electrons. The SMILES string of the molecule is CCOC(=O)C1C(c2ccc3c(c2)OCO3)CN(CCBr)C1c1ccc(OCC)c(F)c1. The Bertz CT molecular complexity index is 971. The number of esters is 1. The predicted octanol–water partition coefficient (Wildman–Crippen LogP) is 4.67. The number of alkyl halides is 1. The van der Waals surface area contributed by atoms with E-state index in [4.69, 9.17) is 18.9 Å². The summed E-state index contributed by atoms with van der Waals surface area (Å²) < 4.78 is 36.6. The minimum Gasteiger partial charge on any atom is -0.491 e. The zero-order chi connectivity index (χ0) is 22.7. The topological polar surface area (TPSA) is 57.2 Å². The Balaban J connectivity index is 1.75. The van der Waals surface area contributed by atoms with Crippen molar-refractivity contribution in [2.24, 2.45) is 5.92 Å². The van der Waals surface area contributed by atoms with E-state index in [9.17, 15) is 9.18 Å². The second kappa shape index (κ2) is 10.1. The van der Waals surface area contributed by atoms with Gasteiger partial charge >= 0.3 is 5.97 Å². The first-order valence-corrected chi connectivity index (χ1v) is 12.0. The van der Waals surface area contributed by atoms with Crippen molar-refractivity contribution in [2.75, 3.05) is 38.4 Å². The van der Waals surface area contributed by atoms with Crippen LogP contribution in [0.5, 0.6) is 17.2 Å². The number of halogens is 2. The van der Waals surface area contributed by atoms with Crippen molar-refractivity contribution in [2.45, 2.75) is 25.8 Å². The molecule has 0 aliphatic carbocycles. The highest BCUT2D eigenvalue weighted by Gasteiger charge is 2.48. The van der Waals surface area contributed by atoms with Crippen LogP contribution in [-0.4, -0.2) is 49.3 Å². The van der Waals surface area contributed by atoms with Crippen LogP contribution in [0.25, 0.3) is 0 Å². The quantitative estimate of drug-likeness (QED) is 0.382. The second-order valence-corrected chi connectivity index (χ2v) is 8.54. The van der Waals surface area contributed by atoms with Crippen LogP contribution in [0.3, 0.4) is 0 Å². The van der Waals surface area contributed by atoms with Crippen molar-refractivity contribution >= 4 is 21.9 Å². The van der Waals surface area contributed by atoms with E-state index in [1.54, 1.807) is 13.0 Å². The molecule has 32 heavy (non-hydrogen) atoms. The molecular weight excluding hydrogens is 481 g/mol. The third kappa shape index (κ3) is 4.43. The van der Waals surface area contributed by atoms with Gasteiger partial charge in [0, 0.05) is 30.4 Å². The summed E-state index contributed by atoms with van der Waals surface area (Å²) in [6, 6.07) is 10.4. The molecule has 2 aliphatic heterocycles. The van der Waals surface area contributed by atoms with Gasteiger partial charge in [-0.25, -0.2) is 4.39 Å². The first kappa shape index (κ1) is 22.9. The highest BCUT2D eigenvalue weighted by molar-refractivity contribution is 9.09. The van der Waals surface area contributed by atoms with E-state index in [0.29, 0.717) is 31.2 Å². The highest BCUT2D eigenvalue weighted by Crippen LogP contribution is 2.48. The lowest BCUT2D eigenvalue weighted by Crippen LogP contribution is -2.31. The molecule has 2 heterocycles. The summed E-state index contributed by atoms with van der Waals surface area (Å²) in [4.78, 5) is 15.4. The number of hydrogen-bond donors (Lipinski definition) is 0. The van der Waals surface area contributed by atoms with Crippen molar-refractivity contribution in [3.05, 3.63) is 53.3 Å². The molecule has 0 spiro atoms. The zero-order valence-electron chi connectivity index (χ0n) is 18.2. The standard InChI is InChI=1S/C24H27BrFNO5/c1-3-29-19-7-6-16(11-18(19)26)23-22(24(28)30-4-2)17(13-27(23)10-9-25)15-5-8-20-21(12-15)32-14-31-20/h5-8,11-12,17,22-23H,3-4,9-10,13-14H2,1-2H3. The molecule has 3 atom stereocenters. The summed E-state index contributed by atoms with van der Waals surface area (Å²) >= 11 is 3.52. The summed E-state index contributed by atoms with van der Waals surface area (Å²) in [5.74, 6) is 0.230. The maximum Gasteiger partial charge on any atom is 0.311 e. The van der Waals surface area contributed by atoms with Crippen LogP contribution >= 0.6 is 15.9 Å². The van der Waals surface area contributed by atoms with Crippen molar-refractivity contribution in [3.63, 3.8) is 0 Å². The van der Waals surface area contributed by atoms with Crippen LogP contribution in [0.1, 0.15) is 36.9 Å². The Morgan fingerprint density at radius 2 is 1.91 bits per heavy atom. The summed E-state index contributed by atoms with van der Waals surface area (Å²) in [5, 5.41) is 0.729. The molecule has 2 aliphatic rings. The van der Waals surface area contributed by atoms with Gasteiger partial charge in [0.2, 0.25) is 6.79 Å². The fourth-order valence-electron chi connectivity index (χ4n) is 4.65. The fourth-order valence-corrected chi connectivity index (χ4v) is 5.10. The molecular formula is C24H27BrFNO5. The van der Waals surface area contributed by atoms with Crippen LogP contribution < -0.4 is 14.2 Å². The van der Waals surface area contributed by atoms with E-state index in [1.165, 1.54) is 6.07 Å².